The van der Waals surface area contributed by atoms with E-state index in [1.54, 1.807) is 35.7 Å². The molecule has 1 saturated heterocycles. The van der Waals surface area contributed by atoms with Gasteiger partial charge in [-0.2, -0.15) is 4.31 Å². The molecule has 1 fully saturated rings. The summed E-state index contributed by atoms with van der Waals surface area (Å²) in [5, 5.41) is 0. The molecule has 0 spiro atoms. The number of pyridine rings is 1. The zero-order chi connectivity index (χ0) is 28.4. The fourth-order valence-electron chi connectivity index (χ4n) is 5.36. The van der Waals surface area contributed by atoms with Crippen molar-refractivity contribution in [2.45, 2.75) is 11.4 Å². The highest BCUT2D eigenvalue weighted by molar-refractivity contribution is 7.89. The number of nitrogens with zero attached hydrogens (tertiary/aromatic N) is 4. The molecule has 41 heavy (non-hydrogen) atoms. The quantitative estimate of drug-likeness (QED) is 0.256. The van der Waals surface area contributed by atoms with Crippen molar-refractivity contribution >= 4 is 15.7 Å². The fourth-order valence-corrected chi connectivity index (χ4v) is 6.94. The number of piperazine rings is 1. The lowest BCUT2D eigenvalue weighted by Crippen LogP contribution is -2.48. The van der Waals surface area contributed by atoms with E-state index in [4.69, 9.17) is 14.5 Å². The molecule has 0 radical (unpaired) electrons. The summed E-state index contributed by atoms with van der Waals surface area (Å²) in [6.45, 7) is 2.59. The molecule has 9 heteroatoms. The molecule has 0 saturated carbocycles. The van der Waals surface area contributed by atoms with Gasteiger partial charge < -0.3 is 13.9 Å². The third kappa shape index (κ3) is 5.31. The highest BCUT2D eigenvalue weighted by atomic mass is 32.2. The molecule has 210 valence electrons. The van der Waals surface area contributed by atoms with Gasteiger partial charge in [0.25, 0.3) is 0 Å². The molecule has 5 aromatic rings. The maximum Gasteiger partial charge on any atom is 0.246 e. The van der Waals surface area contributed by atoms with Gasteiger partial charge in [-0.1, -0.05) is 54.6 Å². The van der Waals surface area contributed by atoms with Crippen LogP contribution >= 0.6 is 0 Å². The maximum atomic E-state index is 13.4. The van der Waals surface area contributed by atoms with Crippen LogP contribution in [0.15, 0.2) is 102 Å². The van der Waals surface area contributed by atoms with E-state index >= 15 is 0 Å². The second-order valence-electron chi connectivity index (χ2n) is 9.98. The first kappa shape index (κ1) is 27.0. The van der Waals surface area contributed by atoms with E-state index in [0.29, 0.717) is 38.5 Å². The normalized spacial score (nSPS) is 14.8. The summed E-state index contributed by atoms with van der Waals surface area (Å²) in [5.74, 6) is 1.13. The van der Waals surface area contributed by atoms with Gasteiger partial charge in [0.1, 0.15) is 22.0 Å². The molecular formula is C32H32N4O4S. The number of sulfonamides is 1. The molecule has 0 N–H and O–H groups in total. The van der Waals surface area contributed by atoms with Crippen LogP contribution in [0.5, 0.6) is 11.5 Å². The van der Waals surface area contributed by atoms with Crippen LogP contribution in [-0.2, 0) is 16.6 Å². The van der Waals surface area contributed by atoms with E-state index in [2.05, 4.69) is 33.7 Å². The van der Waals surface area contributed by atoms with Crippen molar-refractivity contribution in [3.63, 3.8) is 0 Å². The topological polar surface area (TPSA) is 76.4 Å². The smallest absolute Gasteiger partial charge is 0.246 e. The summed E-state index contributed by atoms with van der Waals surface area (Å²) < 4.78 is 41.4. The van der Waals surface area contributed by atoms with Crippen molar-refractivity contribution in [3.8, 4) is 33.9 Å². The molecule has 0 amide bonds. The summed E-state index contributed by atoms with van der Waals surface area (Å²) in [7, 11) is -0.517. The van der Waals surface area contributed by atoms with Gasteiger partial charge in [-0.25, -0.2) is 13.4 Å². The van der Waals surface area contributed by atoms with E-state index in [-0.39, 0.29) is 4.90 Å². The second-order valence-corrected chi connectivity index (χ2v) is 11.9. The molecule has 3 heterocycles. The van der Waals surface area contributed by atoms with Crippen molar-refractivity contribution < 1.29 is 17.9 Å². The summed E-state index contributed by atoms with van der Waals surface area (Å²) in [4.78, 5) is 7.52. The Morgan fingerprint density at radius 2 is 1.49 bits per heavy atom. The lowest BCUT2D eigenvalue weighted by atomic mass is 10.1. The van der Waals surface area contributed by atoms with Gasteiger partial charge in [-0.05, 0) is 47.5 Å². The van der Waals surface area contributed by atoms with E-state index < -0.39 is 10.0 Å². The molecule has 0 unspecified atom stereocenters. The van der Waals surface area contributed by atoms with E-state index in [1.807, 2.05) is 48.5 Å². The van der Waals surface area contributed by atoms with Crippen molar-refractivity contribution in [2.75, 3.05) is 40.4 Å². The summed E-state index contributed by atoms with van der Waals surface area (Å²) >= 11 is 0. The highest BCUT2D eigenvalue weighted by Gasteiger charge is 2.31. The zero-order valence-corrected chi connectivity index (χ0v) is 23.9. The van der Waals surface area contributed by atoms with Gasteiger partial charge in [0, 0.05) is 44.5 Å². The Morgan fingerprint density at radius 1 is 0.756 bits per heavy atom. The van der Waals surface area contributed by atoms with Crippen LogP contribution in [0.3, 0.4) is 0 Å². The average molecular weight is 569 g/mol. The minimum absolute atomic E-state index is 0.200. The van der Waals surface area contributed by atoms with E-state index in [9.17, 15) is 8.42 Å². The molecule has 1 aliphatic heterocycles. The number of rotatable bonds is 8. The number of hydrogen-bond donors (Lipinski definition) is 0. The first-order chi connectivity index (χ1) is 20.0. The third-order valence-corrected chi connectivity index (χ3v) is 9.50. The highest BCUT2D eigenvalue weighted by Crippen LogP contribution is 2.31. The number of benzene rings is 3. The molecule has 1 aliphatic rings. The number of fused-ring (bicyclic) bond motifs is 1. The Kier molecular flexibility index (Phi) is 7.49. The van der Waals surface area contributed by atoms with Gasteiger partial charge in [0.2, 0.25) is 10.0 Å². The molecule has 3 aromatic carbocycles. The molecule has 0 bridgehead atoms. The van der Waals surface area contributed by atoms with Gasteiger partial charge in [-0.15, -0.1) is 0 Å². The largest absolute Gasteiger partial charge is 0.497 e. The number of methoxy groups -OCH3 is 2. The monoisotopic (exact) mass is 568 g/mol. The lowest BCUT2D eigenvalue weighted by Gasteiger charge is -2.34. The first-order valence-electron chi connectivity index (χ1n) is 13.5. The Balaban J connectivity index is 1.32. The first-order valence-corrected chi connectivity index (χ1v) is 15.0. The van der Waals surface area contributed by atoms with Gasteiger partial charge in [0.05, 0.1) is 25.6 Å². The summed E-state index contributed by atoms with van der Waals surface area (Å²) in [5.41, 5.74) is 6.00. The van der Waals surface area contributed by atoms with Crippen molar-refractivity contribution in [1.29, 1.82) is 0 Å². The SMILES string of the molecule is COc1cccc(-c2nc3ccc(-c4ccccc4)cn3c2CN2CCN(S(=O)(=O)c3ccccc3OC)CC2)c1. The predicted octanol–water partition coefficient (Wildman–Crippen LogP) is 5.19. The Bertz CT molecular complexity index is 1780. The Morgan fingerprint density at radius 3 is 2.24 bits per heavy atom. The Labute approximate surface area is 240 Å². The number of aromatic nitrogens is 2. The van der Waals surface area contributed by atoms with Crippen LogP contribution in [0.2, 0.25) is 0 Å². The van der Waals surface area contributed by atoms with Crippen LogP contribution in [0.1, 0.15) is 5.69 Å². The summed E-state index contributed by atoms with van der Waals surface area (Å²) in [6.07, 6.45) is 2.14. The summed E-state index contributed by atoms with van der Waals surface area (Å²) in [6, 6.07) is 29.1. The second kappa shape index (κ2) is 11.4. The standard InChI is InChI=1S/C32H32N4O4S/c1-39-27-12-8-11-25(21-27)32-28(36-22-26(15-16-31(36)33-32)24-9-4-3-5-10-24)23-34-17-19-35(20-18-34)41(37,38)30-14-7-6-13-29(30)40-2/h3-16,21-22H,17-20,23H2,1-2H3. The Hall–Kier alpha value is -4.18. The fraction of sp³-hybridized carbons (Fsp3) is 0.219. The van der Waals surface area contributed by atoms with Crippen LogP contribution in [0.4, 0.5) is 0 Å². The maximum absolute atomic E-state index is 13.4. The van der Waals surface area contributed by atoms with Gasteiger partial charge >= 0.3 is 0 Å². The third-order valence-electron chi connectivity index (χ3n) is 7.56. The van der Waals surface area contributed by atoms with Crippen molar-refractivity contribution in [2.24, 2.45) is 0 Å². The zero-order valence-electron chi connectivity index (χ0n) is 23.1. The van der Waals surface area contributed by atoms with Gasteiger partial charge in [-0.3, -0.25) is 4.90 Å². The number of para-hydroxylation sites is 1. The lowest BCUT2D eigenvalue weighted by molar-refractivity contribution is 0.179. The predicted molar refractivity (Wildman–Crippen MR) is 160 cm³/mol. The average Bonchev–Trinajstić information content (AvgIpc) is 3.39. The van der Waals surface area contributed by atoms with E-state index in [0.717, 1.165) is 39.5 Å². The molecule has 8 nitrogen and oxygen atoms in total. The number of imidazole rings is 1. The molecular weight excluding hydrogens is 536 g/mol. The van der Waals surface area contributed by atoms with Crippen LogP contribution in [0, 0.1) is 0 Å². The number of ether oxygens (including phenoxy) is 2. The van der Waals surface area contributed by atoms with Crippen molar-refractivity contribution in [1.82, 2.24) is 18.6 Å². The van der Waals surface area contributed by atoms with Crippen molar-refractivity contribution in [3.05, 3.63) is 103 Å². The van der Waals surface area contributed by atoms with Crippen LogP contribution < -0.4 is 9.47 Å². The van der Waals surface area contributed by atoms with Crippen LogP contribution in [0.25, 0.3) is 28.0 Å². The molecule has 6 rings (SSSR count). The molecule has 2 aromatic heterocycles. The molecule has 0 aliphatic carbocycles. The van der Waals surface area contributed by atoms with Crippen LogP contribution in [-0.4, -0.2) is 67.4 Å². The minimum atomic E-state index is -3.67. The minimum Gasteiger partial charge on any atom is -0.497 e. The molecule has 0 atom stereocenters. The van der Waals surface area contributed by atoms with E-state index in [1.165, 1.54) is 7.11 Å². The van der Waals surface area contributed by atoms with Gasteiger partial charge in [0.15, 0.2) is 0 Å². The number of hydrogen-bond acceptors (Lipinski definition) is 6.